The summed E-state index contributed by atoms with van der Waals surface area (Å²) in [7, 11) is 0. The van der Waals surface area contributed by atoms with E-state index in [0.29, 0.717) is 24.8 Å². The Hall–Kier alpha value is -0.820. The summed E-state index contributed by atoms with van der Waals surface area (Å²) in [5.41, 5.74) is 5.50. The third-order valence-electron chi connectivity index (χ3n) is 3.00. The smallest absolute Gasteiger partial charge is 0.375 e. The molecule has 0 saturated carbocycles. The van der Waals surface area contributed by atoms with Gasteiger partial charge in [0.1, 0.15) is 0 Å². The molecule has 17 heavy (non-hydrogen) atoms. The lowest BCUT2D eigenvalue weighted by molar-refractivity contribution is -0.185. The summed E-state index contributed by atoms with van der Waals surface area (Å²) in [5.74, 6) is -1.13. The third kappa shape index (κ3) is 3.32. The molecule has 0 atom stereocenters. The minimum atomic E-state index is -4.04. The van der Waals surface area contributed by atoms with E-state index < -0.39 is 12.1 Å². The van der Waals surface area contributed by atoms with Crippen LogP contribution in [0.25, 0.3) is 0 Å². The molecule has 0 aliphatic carbocycles. The van der Waals surface area contributed by atoms with Crippen LogP contribution in [0.1, 0.15) is 17.7 Å². The lowest BCUT2D eigenvalue weighted by atomic mass is 9.96. The molecule has 0 radical (unpaired) electrons. The Morgan fingerprint density at radius 1 is 1.41 bits per heavy atom. The fourth-order valence-corrected chi connectivity index (χ4v) is 2.76. The van der Waals surface area contributed by atoms with Gasteiger partial charge in [-0.25, -0.2) is 4.98 Å². The Kier molecular flexibility index (Phi) is 3.58. The Morgan fingerprint density at radius 2 is 2.06 bits per heavy atom. The van der Waals surface area contributed by atoms with E-state index in [1.165, 1.54) is 11.3 Å². The van der Waals surface area contributed by atoms with Crippen molar-refractivity contribution in [3.8, 4) is 0 Å². The molecule has 0 unspecified atom stereocenters. The van der Waals surface area contributed by atoms with Crippen molar-refractivity contribution in [2.45, 2.75) is 25.6 Å². The van der Waals surface area contributed by atoms with E-state index in [1.807, 2.05) is 4.90 Å². The zero-order chi connectivity index (χ0) is 12.5. The van der Waals surface area contributed by atoms with Crippen LogP contribution in [0.4, 0.5) is 18.3 Å². The highest BCUT2D eigenvalue weighted by molar-refractivity contribution is 7.15. The van der Waals surface area contributed by atoms with E-state index in [1.54, 1.807) is 6.20 Å². The van der Waals surface area contributed by atoms with Gasteiger partial charge in [0.05, 0.1) is 5.92 Å². The largest absolute Gasteiger partial charge is 0.391 e. The molecule has 0 bridgehead atoms. The van der Waals surface area contributed by atoms with E-state index >= 15 is 0 Å². The highest BCUT2D eigenvalue weighted by Crippen LogP contribution is 2.34. The predicted octanol–water partition coefficient (Wildman–Crippen LogP) is 2.50. The summed E-state index contributed by atoms with van der Waals surface area (Å²) in [4.78, 5) is 6.96. The summed E-state index contributed by atoms with van der Waals surface area (Å²) in [6, 6.07) is 0. The average molecular weight is 265 g/mol. The maximum Gasteiger partial charge on any atom is 0.391 e. The molecule has 0 spiro atoms. The topological polar surface area (TPSA) is 42.1 Å². The maximum atomic E-state index is 12.5. The number of nitrogens with two attached hydrogens (primary N) is 1. The van der Waals surface area contributed by atoms with Gasteiger partial charge in [-0.3, -0.25) is 4.90 Å². The highest BCUT2D eigenvalue weighted by atomic mass is 32.1. The fraction of sp³-hybridized carbons (Fsp3) is 0.700. The molecule has 0 aromatic carbocycles. The number of nitrogens with zero attached hydrogens (tertiary/aromatic N) is 2. The van der Waals surface area contributed by atoms with Crippen LogP contribution < -0.4 is 5.73 Å². The van der Waals surface area contributed by atoms with Crippen LogP contribution in [0, 0.1) is 5.92 Å². The zero-order valence-corrected chi connectivity index (χ0v) is 10.0. The SMILES string of the molecule is Nc1ncc(CN2CCC(C(F)(F)F)CC2)s1. The summed E-state index contributed by atoms with van der Waals surface area (Å²) in [5, 5.41) is 0.505. The number of hydrogen-bond donors (Lipinski definition) is 1. The second-order valence-corrected chi connectivity index (χ2v) is 5.40. The Morgan fingerprint density at radius 3 is 2.53 bits per heavy atom. The van der Waals surface area contributed by atoms with Gasteiger partial charge in [-0.2, -0.15) is 13.2 Å². The number of nitrogen functional groups attached to an aromatic ring is 1. The van der Waals surface area contributed by atoms with E-state index in [2.05, 4.69) is 4.98 Å². The average Bonchev–Trinajstić information content (AvgIpc) is 2.63. The fourth-order valence-electron chi connectivity index (χ4n) is 2.03. The van der Waals surface area contributed by atoms with E-state index in [4.69, 9.17) is 5.73 Å². The standard InChI is InChI=1S/C10H14F3N3S/c11-10(12,13)7-1-3-16(4-2-7)6-8-5-15-9(14)17-8/h5,7H,1-4,6H2,(H2,14,15). The molecule has 2 heterocycles. The van der Waals surface area contributed by atoms with E-state index in [0.717, 1.165) is 4.88 Å². The van der Waals surface area contributed by atoms with Crippen LogP contribution in [0.15, 0.2) is 6.20 Å². The molecule has 1 aromatic heterocycles. The first-order valence-electron chi connectivity index (χ1n) is 5.44. The first-order chi connectivity index (χ1) is 7.95. The van der Waals surface area contributed by atoms with Crippen molar-refractivity contribution in [3.05, 3.63) is 11.1 Å². The van der Waals surface area contributed by atoms with Crippen LogP contribution in [0.2, 0.25) is 0 Å². The molecule has 7 heteroatoms. The molecular formula is C10H14F3N3S. The molecule has 1 aliphatic heterocycles. The van der Waals surface area contributed by atoms with Crippen molar-refractivity contribution < 1.29 is 13.2 Å². The lowest BCUT2D eigenvalue weighted by Gasteiger charge is -2.32. The Labute approximate surface area is 101 Å². The molecule has 1 fully saturated rings. The van der Waals surface area contributed by atoms with Gasteiger partial charge in [0.15, 0.2) is 5.13 Å². The number of thiazole rings is 1. The van der Waals surface area contributed by atoms with Crippen LogP contribution in [0.3, 0.4) is 0 Å². The van der Waals surface area contributed by atoms with Crippen molar-refractivity contribution >= 4 is 16.5 Å². The number of alkyl halides is 3. The quantitative estimate of drug-likeness (QED) is 0.893. The number of hydrogen-bond acceptors (Lipinski definition) is 4. The first-order valence-corrected chi connectivity index (χ1v) is 6.26. The van der Waals surface area contributed by atoms with Crippen LogP contribution in [0.5, 0.6) is 0 Å². The second-order valence-electron chi connectivity index (χ2n) is 4.26. The number of halogens is 3. The number of likely N-dealkylation sites (tertiary alicyclic amines) is 1. The van der Waals surface area contributed by atoms with Gasteiger partial charge in [0, 0.05) is 17.6 Å². The molecule has 3 nitrogen and oxygen atoms in total. The summed E-state index contributed by atoms with van der Waals surface area (Å²) in [6.07, 6.45) is -1.97. The second kappa shape index (κ2) is 4.81. The predicted molar refractivity (Wildman–Crippen MR) is 60.6 cm³/mol. The van der Waals surface area contributed by atoms with Crippen molar-refractivity contribution in [2.24, 2.45) is 5.92 Å². The molecule has 2 rings (SSSR count). The number of aromatic nitrogens is 1. The van der Waals surface area contributed by atoms with E-state index in [9.17, 15) is 13.2 Å². The van der Waals surface area contributed by atoms with Crippen LogP contribution in [-0.4, -0.2) is 29.1 Å². The Bertz CT molecular complexity index is 369. The Balaban J connectivity index is 1.83. The molecule has 96 valence electrons. The van der Waals surface area contributed by atoms with Gasteiger partial charge in [0.2, 0.25) is 0 Å². The van der Waals surface area contributed by atoms with Crippen LogP contribution >= 0.6 is 11.3 Å². The summed E-state index contributed by atoms with van der Waals surface area (Å²) in [6.45, 7) is 1.63. The van der Waals surface area contributed by atoms with Crippen LogP contribution in [-0.2, 0) is 6.54 Å². The maximum absolute atomic E-state index is 12.5. The third-order valence-corrected chi connectivity index (χ3v) is 3.81. The van der Waals surface area contributed by atoms with Gasteiger partial charge in [-0.1, -0.05) is 0 Å². The lowest BCUT2D eigenvalue weighted by Crippen LogP contribution is -2.38. The highest BCUT2D eigenvalue weighted by Gasteiger charge is 2.40. The molecule has 1 aromatic rings. The first kappa shape index (κ1) is 12.6. The number of piperidine rings is 1. The zero-order valence-electron chi connectivity index (χ0n) is 9.20. The normalized spacial score (nSPS) is 19.7. The molecule has 0 amide bonds. The van der Waals surface area contributed by atoms with Crippen molar-refractivity contribution in [3.63, 3.8) is 0 Å². The monoisotopic (exact) mass is 265 g/mol. The number of anilines is 1. The van der Waals surface area contributed by atoms with Crippen molar-refractivity contribution in [2.75, 3.05) is 18.8 Å². The van der Waals surface area contributed by atoms with Gasteiger partial charge in [0.25, 0.3) is 0 Å². The minimum Gasteiger partial charge on any atom is -0.375 e. The van der Waals surface area contributed by atoms with Crippen molar-refractivity contribution in [1.82, 2.24) is 9.88 Å². The van der Waals surface area contributed by atoms with Gasteiger partial charge < -0.3 is 5.73 Å². The van der Waals surface area contributed by atoms with Gasteiger partial charge >= 0.3 is 6.18 Å². The summed E-state index contributed by atoms with van der Waals surface area (Å²) >= 11 is 1.39. The van der Waals surface area contributed by atoms with Crippen molar-refractivity contribution in [1.29, 1.82) is 0 Å². The van der Waals surface area contributed by atoms with Gasteiger partial charge in [-0.15, -0.1) is 11.3 Å². The molecule has 1 aliphatic rings. The van der Waals surface area contributed by atoms with E-state index in [-0.39, 0.29) is 12.8 Å². The minimum absolute atomic E-state index is 0.192. The van der Waals surface area contributed by atoms with Gasteiger partial charge in [-0.05, 0) is 25.9 Å². The molecular weight excluding hydrogens is 251 g/mol. The number of rotatable bonds is 2. The summed E-state index contributed by atoms with van der Waals surface area (Å²) < 4.78 is 37.4. The molecule has 1 saturated heterocycles. The molecule has 2 N–H and O–H groups in total.